The molecule has 1 saturated carbocycles. The van der Waals surface area contributed by atoms with E-state index in [2.05, 4.69) is 26.5 Å². The second kappa shape index (κ2) is 9.51. The number of hydroxylamine groups is 1. The maximum Gasteiger partial charge on any atom is 0.405 e. The van der Waals surface area contributed by atoms with Crippen molar-refractivity contribution in [3.05, 3.63) is 0 Å². The molecule has 30 heavy (non-hydrogen) atoms. The first-order valence-electron chi connectivity index (χ1n) is 9.91. The predicted molar refractivity (Wildman–Crippen MR) is 102 cm³/mol. The van der Waals surface area contributed by atoms with Crippen molar-refractivity contribution in [2.45, 2.75) is 87.1 Å². The highest BCUT2D eigenvalue weighted by atomic mass is 35.5. The second-order valence-electron chi connectivity index (χ2n) is 8.12. The third-order valence-corrected chi connectivity index (χ3v) is 5.73. The minimum Gasteiger partial charge on any atom is -0.353 e. The molecule has 4 N–H and O–H groups in total. The van der Waals surface area contributed by atoms with Gasteiger partial charge in [0.2, 0.25) is 0 Å². The highest BCUT2D eigenvalue weighted by Crippen LogP contribution is 2.29. The first-order valence-corrected chi connectivity index (χ1v) is 10.3. The molecule has 7 unspecified atom stereocenters. The van der Waals surface area contributed by atoms with Crippen LogP contribution >= 0.6 is 11.6 Å². The van der Waals surface area contributed by atoms with E-state index >= 15 is 0 Å². The molecule has 0 aromatic rings. The Morgan fingerprint density at radius 3 is 2.53 bits per heavy atom. The topological polar surface area (TPSA) is 90.0 Å². The smallest absolute Gasteiger partial charge is 0.353 e. The highest BCUT2D eigenvalue weighted by Gasteiger charge is 2.46. The average molecular weight is 459 g/mol. The Morgan fingerprint density at radius 2 is 1.97 bits per heavy atom. The number of aliphatic imine (C=N–C) groups is 1. The van der Waals surface area contributed by atoms with Crippen LogP contribution in [0.15, 0.2) is 4.99 Å². The number of hydrogen-bond donors (Lipinski definition) is 4. The monoisotopic (exact) mass is 458 g/mol. The molecule has 0 radical (unpaired) electrons. The largest absolute Gasteiger partial charge is 0.405 e. The first kappa shape index (κ1) is 23.5. The van der Waals surface area contributed by atoms with E-state index in [0.29, 0.717) is 12.8 Å². The molecule has 1 amide bonds. The van der Waals surface area contributed by atoms with Gasteiger partial charge >= 0.3 is 6.18 Å². The van der Waals surface area contributed by atoms with Crippen molar-refractivity contribution in [1.82, 2.24) is 26.5 Å². The van der Waals surface area contributed by atoms with Gasteiger partial charge in [-0.15, -0.1) is 11.6 Å². The minimum absolute atomic E-state index is 0.0190. The second-order valence-corrected chi connectivity index (χ2v) is 8.74. The number of nitrogens with one attached hydrogen (secondary N) is 4. The van der Waals surface area contributed by atoms with Crippen LogP contribution in [0, 0.1) is 0 Å². The zero-order chi connectivity index (χ0) is 22.1. The van der Waals surface area contributed by atoms with Crippen LogP contribution in [-0.4, -0.2) is 72.0 Å². The number of carbonyl (C=O) groups excluding carboxylic acids is 1. The fourth-order valence-electron chi connectivity index (χ4n) is 3.82. The van der Waals surface area contributed by atoms with Crippen molar-refractivity contribution in [1.29, 1.82) is 0 Å². The van der Waals surface area contributed by atoms with Crippen molar-refractivity contribution in [2.24, 2.45) is 4.99 Å². The van der Waals surface area contributed by atoms with Crippen molar-refractivity contribution in [2.75, 3.05) is 7.05 Å². The quantitative estimate of drug-likeness (QED) is 0.221. The zero-order valence-corrected chi connectivity index (χ0v) is 17.4. The van der Waals surface area contributed by atoms with E-state index in [1.165, 1.54) is 12.1 Å². The van der Waals surface area contributed by atoms with E-state index in [1.54, 1.807) is 0 Å². The molecule has 13 heteroatoms. The van der Waals surface area contributed by atoms with Crippen LogP contribution in [0.2, 0.25) is 0 Å². The minimum atomic E-state index is -4.43. The van der Waals surface area contributed by atoms with Crippen molar-refractivity contribution in [3.8, 4) is 0 Å². The van der Waals surface area contributed by atoms with Gasteiger partial charge in [0, 0.05) is 37.4 Å². The number of guanidine groups is 1. The molecule has 3 fully saturated rings. The van der Waals surface area contributed by atoms with Crippen LogP contribution in [0.3, 0.4) is 0 Å². The van der Waals surface area contributed by atoms with Crippen LogP contribution in [0.25, 0.3) is 0 Å². The molecule has 0 aromatic heterocycles. The third kappa shape index (κ3) is 6.16. The average Bonchev–Trinajstić information content (AvgIpc) is 3.20. The molecule has 3 aliphatic rings. The summed E-state index contributed by atoms with van der Waals surface area (Å²) < 4.78 is 53.1. The molecule has 2 saturated heterocycles. The highest BCUT2D eigenvalue weighted by molar-refractivity contribution is 6.20. The number of amides is 1. The number of hydrazine groups is 1. The van der Waals surface area contributed by atoms with E-state index in [4.69, 9.17) is 16.4 Å². The summed E-state index contributed by atoms with van der Waals surface area (Å²) in [7, 11) is 1.44. The van der Waals surface area contributed by atoms with Gasteiger partial charge in [-0.25, -0.2) is 19.8 Å². The predicted octanol–water partition coefficient (Wildman–Crippen LogP) is 1.33. The van der Waals surface area contributed by atoms with Gasteiger partial charge in [0.25, 0.3) is 5.91 Å². The lowest BCUT2D eigenvalue weighted by Gasteiger charge is -2.30. The molecule has 0 bridgehead atoms. The molecular weight excluding hydrogens is 432 g/mol. The Bertz CT molecular complexity index is 644. The van der Waals surface area contributed by atoms with Gasteiger partial charge in [-0.2, -0.15) is 18.7 Å². The van der Waals surface area contributed by atoms with Gasteiger partial charge in [0.05, 0.1) is 0 Å². The summed E-state index contributed by atoms with van der Waals surface area (Å²) in [6.45, 7) is 1.85. The Hall–Kier alpha value is -1.21. The van der Waals surface area contributed by atoms with E-state index in [9.17, 15) is 22.4 Å². The van der Waals surface area contributed by atoms with Gasteiger partial charge in [-0.05, 0) is 26.2 Å². The van der Waals surface area contributed by atoms with Gasteiger partial charge in [-0.1, -0.05) is 0 Å². The lowest BCUT2D eigenvalue weighted by Crippen LogP contribution is -2.52. The van der Waals surface area contributed by atoms with Gasteiger partial charge in [0.15, 0.2) is 12.1 Å². The summed E-state index contributed by atoms with van der Waals surface area (Å²) in [6.07, 6.45) is -6.22. The molecule has 0 spiro atoms. The summed E-state index contributed by atoms with van der Waals surface area (Å²) in [5.41, 5.74) is 5.01. The van der Waals surface area contributed by atoms with E-state index in [1.807, 2.05) is 6.92 Å². The van der Waals surface area contributed by atoms with Gasteiger partial charge in [-0.3, -0.25) is 14.9 Å². The Balaban J connectivity index is 1.73. The van der Waals surface area contributed by atoms with E-state index in [0.717, 1.165) is 0 Å². The summed E-state index contributed by atoms with van der Waals surface area (Å²) in [6, 6.07) is -2.17. The van der Waals surface area contributed by atoms with Gasteiger partial charge in [0.1, 0.15) is 18.4 Å². The van der Waals surface area contributed by atoms with Crippen molar-refractivity contribution < 1.29 is 27.2 Å². The van der Waals surface area contributed by atoms with Crippen LogP contribution in [0.4, 0.5) is 17.6 Å². The maximum atomic E-state index is 13.9. The Kier molecular flexibility index (Phi) is 7.44. The summed E-state index contributed by atoms with van der Waals surface area (Å²) >= 11 is 6.10. The van der Waals surface area contributed by atoms with Gasteiger partial charge < -0.3 is 5.32 Å². The Labute approximate surface area is 177 Å². The number of nitrogens with zero attached hydrogens (tertiary/aromatic N) is 2. The molecule has 3 rings (SSSR count). The number of alkyl halides is 5. The number of carbonyl (C=O) groups is 1. The fourth-order valence-corrected chi connectivity index (χ4v) is 4.23. The number of hydrogen-bond acceptors (Lipinski definition) is 6. The van der Waals surface area contributed by atoms with Crippen LogP contribution in [0.5, 0.6) is 0 Å². The third-order valence-electron chi connectivity index (χ3n) is 5.37. The molecule has 2 aliphatic heterocycles. The first-order chi connectivity index (χ1) is 14.0. The molecule has 0 aromatic carbocycles. The van der Waals surface area contributed by atoms with Crippen molar-refractivity contribution >= 4 is 23.5 Å². The summed E-state index contributed by atoms with van der Waals surface area (Å²) in [5, 5.41) is 6.42. The SMILES string of the molecule is CC1CC(C(=O)N/C(=N\C2CC(C(F)(F)F)NN2C)NC2CC(F)CC(Cl)C2)ON1. The summed E-state index contributed by atoms with van der Waals surface area (Å²) in [5.74, 6) is -0.512. The standard InChI is InChI=1S/C17H27ClF4N6O2/c1-8-3-12(30-27-8)15(29)25-16(23-11-5-9(18)4-10(19)6-11)24-14-7-13(17(20,21)22)26-28(14)2/h8-14,26-27H,3-7H2,1-2H3,(H2,23,24,25,29). The molecule has 7 atom stereocenters. The normalized spacial score (nSPS) is 38.6. The number of rotatable bonds is 3. The molecule has 8 nitrogen and oxygen atoms in total. The van der Waals surface area contributed by atoms with Crippen molar-refractivity contribution in [3.63, 3.8) is 0 Å². The lowest BCUT2D eigenvalue weighted by molar-refractivity contribution is -0.156. The fraction of sp³-hybridized carbons (Fsp3) is 0.882. The van der Waals surface area contributed by atoms with E-state index in [-0.39, 0.29) is 36.6 Å². The maximum absolute atomic E-state index is 13.9. The van der Waals surface area contributed by atoms with Crippen LogP contribution < -0.4 is 21.5 Å². The summed E-state index contributed by atoms with van der Waals surface area (Å²) in [4.78, 5) is 22.0. The molecule has 172 valence electrons. The Morgan fingerprint density at radius 1 is 1.23 bits per heavy atom. The lowest BCUT2D eigenvalue weighted by atomic mass is 9.93. The molecule has 1 aliphatic carbocycles. The molecular formula is C17H27ClF4N6O2. The molecule has 2 heterocycles. The zero-order valence-electron chi connectivity index (χ0n) is 16.7. The van der Waals surface area contributed by atoms with Crippen LogP contribution in [0.1, 0.15) is 39.0 Å². The number of halogens is 5. The van der Waals surface area contributed by atoms with E-state index < -0.39 is 42.6 Å². The van der Waals surface area contributed by atoms with Crippen LogP contribution in [-0.2, 0) is 9.63 Å².